The summed E-state index contributed by atoms with van der Waals surface area (Å²) in [5.74, 6) is 0.575. The lowest BCUT2D eigenvalue weighted by molar-refractivity contribution is 0.627. The number of anilines is 1. The average Bonchev–Trinajstić information content (AvgIpc) is 3.07. The molecule has 0 saturated heterocycles. The van der Waals surface area contributed by atoms with Gasteiger partial charge in [0.05, 0.1) is 10.2 Å². The molecule has 0 aliphatic carbocycles. The predicted molar refractivity (Wildman–Crippen MR) is 111 cm³/mol. The molecule has 1 heterocycles. The van der Waals surface area contributed by atoms with Crippen LogP contribution in [-0.2, 0) is 5.75 Å². The van der Waals surface area contributed by atoms with Crippen molar-refractivity contribution in [3.8, 4) is 10.6 Å². The van der Waals surface area contributed by atoms with Crippen LogP contribution in [0, 0.1) is 12.7 Å². The van der Waals surface area contributed by atoms with Crippen LogP contribution in [0.5, 0.6) is 0 Å². The van der Waals surface area contributed by atoms with Crippen LogP contribution in [-0.4, -0.2) is 4.98 Å². The second-order valence-electron chi connectivity index (χ2n) is 6.08. The lowest BCUT2D eigenvalue weighted by Gasteiger charge is -2.06. The van der Waals surface area contributed by atoms with E-state index in [1.807, 2.05) is 12.1 Å². The van der Waals surface area contributed by atoms with Crippen LogP contribution >= 0.6 is 23.3 Å². The monoisotopic (exact) mass is 380 g/mol. The molecule has 26 heavy (non-hydrogen) atoms. The molecule has 3 aromatic carbocycles. The number of nitrogens with zero attached hydrogens (tertiary/aromatic N) is 1. The summed E-state index contributed by atoms with van der Waals surface area (Å²) in [5.41, 5.74) is 5.55. The highest BCUT2D eigenvalue weighted by Crippen LogP contribution is 2.31. The first-order valence-corrected chi connectivity index (χ1v) is 10.1. The smallest absolute Gasteiger partial charge is 0.124 e. The molecule has 0 unspecified atom stereocenters. The van der Waals surface area contributed by atoms with E-state index in [4.69, 9.17) is 4.98 Å². The van der Waals surface area contributed by atoms with Gasteiger partial charge in [-0.25, -0.2) is 9.37 Å². The van der Waals surface area contributed by atoms with E-state index in [-0.39, 0.29) is 5.82 Å². The van der Waals surface area contributed by atoms with E-state index in [1.54, 1.807) is 23.3 Å². The molecule has 0 saturated carbocycles. The van der Waals surface area contributed by atoms with Gasteiger partial charge in [0.25, 0.3) is 0 Å². The van der Waals surface area contributed by atoms with Gasteiger partial charge < -0.3 is 4.72 Å². The van der Waals surface area contributed by atoms with Crippen molar-refractivity contribution in [1.29, 1.82) is 0 Å². The molecule has 1 aromatic heterocycles. The van der Waals surface area contributed by atoms with Gasteiger partial charge in [-0.05, 0) is 78.5 Å². The Bertz CT molecular complexity index is 1020. The maximum atomic E-state index is 12.9. The lowest BCUT2D eigenvalue weighted by Crippen LogP contribution is -1.89. The first-order chi connectivity index (χ1) is 12.7. The van der Waals surface area contributed by atoms with Crippen molar-refractivity contribution in [3.63, 3.8) is 0 Å². The van der Waals surface area contributed by atoms with E-state index in [0.717, 1.165) is 33.1 Å². The molecule has 2 nitrogen and oxygen atoms in total. The topological polar surface area (TPSA) is 24.9 Å². The highest BCUT2D eigenvalue weighted by Gasteiger charge is 2.06. The number of nitrogens with one attached hydrogen (secondary N) is 1. The molecule has 0 amide bonds. The number of hydrogen-bond donors (Lipinski definition) is 1. The Hall–Kier alpha value is -2.37. The third kappa shape index (κ3) is 3.89. The summed E-state index contributed by atoms with van der Waals surface area (Å²) in [6, 6.07) is 21.2. The minimum atomic E-state index is -0.202. The number of fused-ring (bicyclic) bond motifs is 1. The molecule has 0 radical (unpaired) electrons. The van der Waals surface area contributed by atoms with Crippen molar-refractivity contribution in [3.05, 3.63) is 83.7 Å². The van der Waals surface area contributed by atoms with Gasteiger partial charge in [0.1, 0.15) is 10.8 Å². The molecule has 4 rings (SSSR count). The van der Waals surface area contributed by atoms with Crippen LogP contribution in [0.4, 0.5) is 10.1 Å². The van der Waals surface area contributed by atoms with Crippen molar-refractivity contribution in [1.82, 2.24) is 4.98 Å². The third-order valence-corrected chi connectivity index (χ3v) is 5.94. The first kappa shape index (κ1) is 17.1. The number of aromatic nitrogens is 1. The van der Waals surface area contributed by atoms with Gasteiger partial charge in [-0.1, -0.05) is 18.2 Å². The summed E-state index contributed by atoms with van der Waals surface area (Å²) < 4.78 is 17.5. The van der Waals surface area contributed by atoms with E-state index in [0.29, 0.717) is 0 Å². The second-order valence-corrected chi connectivity index (χ2v) is 7.90. The molecular formula is C21H17FN2S2. The lowest BCUT2D eigenvalue weighted by atomic mass is 10.2. The van der Waals surface area contributed by atoms with Crippen LogP contribution in [0.2, 0.25) is 0 Å². The molecule has 130 valence electrons. The molecule has 1 N–H and O–H groups in total. The van der Waals surface area contributed by atoms with Crippen molar-refractivity contribution in [2.45, 2.75) is 12.7 Å². The predicted octanol–water partition coefficient (Wildman–Crippen LogP) is 6.67. The van der Waals surface area contributed by atoms with E-state index in [1.165, 1.54) is 22.4 Å². The maximum absolute atomic E-state index is 12.9. The number of rotatable bonds is 5. The zero-order valence-corrected chi connectivity index (χ0v) is 15.8. The van der Waals surface area contributed by atoms with Gasteiger partial charge in [0, 0.05) is 17.0 Å². The summed E-state index contributed by atoms with van der Waals surface area (Å²) in [6.45, 7) is 2.10. The molecule has 4 aromatic rings. The number of halogens is 1. The van der Waals surface area contributed by atoms with Gasteiger partial charge in [0.15, 0.2) is 0 Å². The molecule has 0 fully saturated rings. The Morgan fingerprint density at radius 1 is 1.00 bits per heavy atom. The van der Waals surface area contributed by atoms with Gasteiger partial charge >= 0.3 is 0 Å². The molecule has 5 heteroatoms. The van der Waals surface area contributed by atoms with E-state index < -0.39 is 0 Å². The fourth-order valence-corrected chi connectivity index (χ4v) is 4.42. The average molecular weight is 381 g/mol. The largest absolute Gasteiger partial charge is 0.329 e. The van der Waals surface area contributed by atoms with Crippen LogP contribution in [0.1, 0.15) is 11.1 Å². The van der Waals surface area contributed by atoms with E-state index in [9.17, 15) is 4.39 Å². The SMILES string of the molecule is Cc1ccc2nc(-c3ccc(NSCc4ccc(F)cc4)cc3)sc2c1. The number of aryl methyl sites for hydroxylation is 1. The summed E-state index contributed by atoms with van der Waals surface area (Å²) in [5, 5.41) is 1.04. The molecule has 0 aliphatic heterocycles. The van der Waals surface area contributed by atoms with Crippen LogP contribution in [0.3, 0.4) is 0 Å². The molecule has 0 spiro atoms. The highest BCUT2D eigenvalue weighted by atomic mass is 32.2. The first-order valence-electron chi connectivity index (χ1n) is 8.27. The molecule has 0 bridgehead atoms. The zero-order valence-electron chi connectivity index (χ0n) is 14.2. The fourth-order valence-electron chi connectivity index (χ4n) is 2.62. The van der Waals surface area contributed by atoms with Crippen molar-refractivity contribution >= 4 is 39.2 Å². The summed E-state index contributed by atoms with van der Waals surface area (Å²) in [4.78, 5) is 4.72. The fraction of sp³-hybridized carbons (Fsp3) is 0.0952. The Morgan fingerprint density at radius 3 is 2.54 bits per heavy atom. The van der Waals surface area contributed by atoms with Gasteiger partial charge in [-0.2, -0.15) is 0 Å². The zero-order chi connectivity index (χ0) is 17.9. The van der Waals surface area contributed by atoms with Crippen molar-refractivity contribution in [2.24, 2.45) is 0 Å². The maximum Gasteiger partial charge on any atom is 0.124 e. The normalized spacial score (nSPS) is 11.0. The quantitative estimate of drug-likeness (QED) is 0.391. The van der Waals surface area contributed by atoms with Crippen molar-refractivity contribution in [2.75, 3.05) is 4.72 Å². The van der Waals surface area contributed by atoms with Crippen LogP contribution < -0.4 is 4.72 Å². The van der Waals surface area contributed by atoms with Gasteiger partial charge in [0.2, 0.25) is 0 Å². The van der Waals surface area contributed by atoms with Crippen molar-refractivity contribution < 1.29 is 4.39 Å². The Morgan fingerprint density at radius 2 is 1.77 bits per heavy atom. The number of thiazole rings is 1. The van der Waals surface area contributed by atoms with Gasteiger partial charge in [-0.15, -0.1) is 11.3 Å². The van der Waals surface area contributed by atoms with E-state index >= 15 is 0 Å². The molecular weight excluding hydrogens is 363 g/mol. The highest BCUT2D eigenvalue weighted by molar-refractivity contribution is 7.99. The number of benzene rings is 3. The summed E-state index contributed by atoms with van der Waals surface area (Å²) >= 11 is 3.31. The van der Waals surface area contributed by atoms with Crippen LogP contribution in [0.15, 0.2) is 66.7 Å². The molecule has 0 atom stereocenters. The minimum absolute atomic E-state index is 0.202. The summed E-state index contributed by atoms with van der Waals surface area (Å²) in [7, 11) is 0. The van der Waals surface area contributed by atoms with Crippen LogP contribution in [0.25, 0.3) is 20.8 Å². The Labute approximate surface area is 160 Å². The standard InChI is InChI=1S/C21H17FN2S2/c1-14-2-11-19-20(12-14)26-21(23-19)16-5-9-18(10-6-16)24-25-13-15-3-7-17(22)8-4-15/h2-12,24H,13H2,1H3. The van der Waals surface area contributed by atoms with E-state index in [2.05, 4.69) is 54.1 Å². The third-order valence-electron chi connectivity index (χ3n) is 4.02. The second kappa shape index (κ2) is 7.48. The van der Waals surface area contributed by atoms with Gasteiger partial charge in [-0.3, -0.25) is 0 Å². The summed E-state index contributed by atoms with van der Waals surface area (Å²) in [6.07, 6.45) is 0. The number of hydrogen-bond acceptors (Lipinski definition) is 4. The Kier molecular flexibility index (Phi) is 4.91. The Balaban J connectivity index is 1.41. The minimum Gasteiger partial charge on any atom is -0.329 e. The molecule has 0 aliphatic rings.